The SMILES string of the molecule is CCOC(=O)[C@H]1CCC[NH+](Cn2nc(-c3cccnc3)n(-c3ccccc3)c2=S)C1. The number of hydrogen-bond acceptors (Lipinski definition) is 5. The summed E-state index contributed by atoms with van der Waals surface area (Å²) in [5.74, 6) is 0.610. The summed E-state index contributed by atoms with van der Waals surface area (Å²) in [6.45, 7) is 4.60. The monoisotopic (exact) mass is 424 g/mol. The Balaban J connectivity index is 1.65. The molecule has 1 aromatic carbocycles. The Morgan fingerprint density at radius 3 is 2.83 bits per heavy atom. The minimum absolute atomic E-state index is 0.0584. The number of ether oxygens (including phenoxy) is 1. The van der Waals surface area contributed by atoms with E-state index < -0.39 is 0 Å². The lowest BCUT2D eigenvalue weighted by Gasteiger charge is -2.28. The number of piperidine rings is 1. The molecule has 0 amide bonds. The van der Waals surface area contributed by atoms with E-state index >= 15 is 0 Å². The number of hydrogen-bond donors (Lipinski definition) is 1. The first-order valence-corrected chi connectivity index (χ1v) is 10.7. The summed E-state index contributed by atoms with van der Waals surface area (Å²) in [5, 5.41) is 4.86. The van der Waals surface area contributed by atoms with Gasteiger partial charge in [0.1, 0.15) is 5.92 Å². The molecule has 1 aliphatic heterocycles. The molecule has 1 unspecified atom stereocenters. The molecule has 8 heteroatoms. The molecule has 1 saturated heterocycles. The maximum atomic E-state index is 12.2. The third-order valence-electron chi connectivity index (χ3n) is 5.38. The van der Waals surface area contributed by atoms with Crippen LogP contribution in [0.4, 0.5) is 0 Å². The van der Waals surface area contributed by atoms with Gasteiger partial charge in [-0.1, -0.05) is 18.2 Å². The summed E-state index contributed by atoms with van der Waals surface area (Å²) in [5.41, 5.74) is 1.87. The lowest BCUT2D eigenvalue weighted by molar-refractivity contribution is -0.930. The van der Waals surface area contributed by atoms with Crippen molar-refractivity contribution in [1.82, 2.24) is 19.3 Å². The van der Waals surface area contributed by atoms with Crippen LogP contribution < -0.4 is 4.90 Å². The third-order valence-corrected chi connectivity index (χ3v) is 5.78. The number of benzene rings is 1. The number of para-hydroxylation sites is 1. The van der Waals surface area contributed by atoms with Crippen LogP contribution in [0.25, 0.3) is 17.1 Å². The van der Waals surface area contributed by atoms with Gasteiger partial charge in [-0.3, -0.25) is 14.3 Å². The molecule has 0 spiro atoms. The number of carbonyl (C=O) groups excluding carboxylic acids is 1. The lowest BCUT2D eigenvalue weighted by atomic mass is 9.99. The summed E-state index contributed by atoms with van der Waals surface area (Å²) < 4.78 is 9.72. The van der Waals surface area contributed by atoms with E-state index in [1.54, 1.807) is 12.4 Å². The van der Waals surface area contributed by atoms with Gasteiger partial charge < -0.3 is 9.64 Å². The molecule has 0 bridgehead atoms. The van der Waals surface area contributed by atoms with Crippen LogP contribution in [-0.4, -0.2) is 45.0 Å². The number of nitrogens with zero attached hydrogens (tertiary/aromatic N) is 4. The smallest absolute Gasteiger partial charge is 0.314 e. The van der Waals surface area contributed by atoms with Gasteiger partial charge in [0.15, 0.2) is 12.5 Å². The van der Waals surface area contributed by atoms with Gasteiger partial charge in [-0.15, -0.1) is 5.10 Å². The predicted molar refractivity (Wildman–Crippen MR) is 116 cm³/mol. The molecule has 7 nitrogen and oxygen atoms in total. The molecule has 0 aliphatic carbocycles. The van der Waals surface area contributed by atoms with Crippen molar-refractivity contribution in [2.75, 3.05) is 19.7 Å². The molecule has 0 saturated carbocycles. The van der Waals surface area contributed by atoms with E-state index in [1.807, 2.05) is 58.6 Å². The third kappa shape index (κ3) is 4.34. The molecule has 1 N–H and O–H groups in total. The molecule has 0 radical (unpaired) electrons. The van der Waals surface area contributed by atoms with Gasteiger partial charge in [0.2, 0.25) is 4.77 Å². The highest BCUT2D eigenvalue weighted by molar-refractivity contribution is 7.71. The van der Waals surface area contributed by atoms with E-state index in [4.69, 9.17) is 22.1 Å². The topological polar surface area (TPSA) is 66.4 Å². The van der Waals surface area contributed by atoms with Crippen molar-refractivity contribution < 1.29 is 14.4 Å². The van der Waals surface area contributed by atoms with E-state index in [1.165, 1.54) is 4.90 Å². The van der Waals surface area contributed by atoms with Crippen molar-refractivity contribution in [2.45, 2.75) is 26.4 Å². The fourth-order valence-corrected chi connectivity index (χ4v) is 4.27. The first-order valence-electron chi connectivity index (χ1n) is 10.3. The van der Waals surface area contributed by atoms with Crippen LogP contribution in [0.15, 0.2) is 54.9 Å². The molecule has 4 rings (SSSR count). The van der Waals surface area contributed by atoms with Crippen LogP contribution >= 0.6 is 12.2 Å². The highest BCUT2D eigenvalue weighted by Crippen LogP contribution is 2.21. The average molecular weight is 425 g/mol. The number of rotatable bonds is 6. The summed E-state index contributed by atoms with van der Waals surface area (Å²) in [6.07, 6.45) is 5.41. The lowest BCUT2D eigenvalue weighted by Crippen LogP contribution is -3.13. The van der Waals surface area contributed by atoms with Crippen molar-refractivity contribution in [3.63, 3.8) is 0 Å². The van der Waals surface area contributed by atoms with Crippen molar-refractivity contribution in [3.8, 4) is 17.1 Å². The summed E-state index contributed by atoms with van der Waals surface area (Å²) in [6, 6.07) is 13.9. The molecule has 3 aromatic rings. The van der Waals surface area contributed by atoms with E-state index in [2.05, 4.69) is 4.98 Å². The maximum Gasteiger partial charge on any atom is 0.314 e. The van der Waals surface area contributed by atoms with Crippen molar-refractivity contribution >= 4 is 18.2 Å². The standard InChI is InChI=1S/C22H25N5O2S/c1-2-29-21(28)18-9-7-13-25(15-18)16-26-22(30)27(19-10-4-3-5-11-19)20(24-26)17-8-6-12-23-14-17/h3-6,8,10-12,14,18H,2,7,9,13,15-16H2,1H3/p+1/t18-/m0/s1. The van der Waals surface area contributed by atoms with Crippen LogP contribution in [0.1, 0.15) is 19.8 Å². The summed E-state index contributed by atoms with van der Waals surface area (Å²) in [4.78, 5) is 17.7. The largest absolute Gasteiger partial charge is 0.466 e. The van der Waals surface area contributed by atoms with Gasteiger partial charge in [-0.05, 0) is 56.2 Å². The zero-order chi connectivity index (χ0) is 20.9. The first-order chi connectivity index (χ1) is 14.7. The van der Waals surface area contributed by atoms with Gasteiger partial charge in [0, 0.05) is 23.6 Å². The minimum Gasteiger partial charge on any atom is -0.466 e. The number of carbonyl (C=O) groups is 1. The quantitative estimate of drug-likeness (QED) is 0.486. The fourth-order valence-electron chi connectivity index (χ4n) is 3.97. The molecular formula is C22H26N5O2S+. The van der Waals surface area contributed by atoms with Gasteiger partial charge in [-0.2, -0.15) is 4.68 Å². The Morgan fingerprint density at radius 1 is 1.27 bits per heavy atom. The molecule has 2 atom stereocenters. The number of esters is 1. The second kappa shape index (κ2) is 9.32. The van der Waals surface area contributed by atoms with Gasteiger partial charge in [-0.25, -0.2) is 0 Å². The number of nitrogens with one attached hydrogen (secondary N) is 1. The Kier molecular flexibility index (Phi) is 6.35. The normalized spacial score (nSPS) is 18.8. The molecule has 1 aliphatic rings. The van der Waals surface area contributed by atoms with Crippen molar-refractivity contribution in [1.29, 1.82) is 0 Å². The molecule has 1 fully saturated rings. The van der Waals surface area contributed by atoms with Crippen LogP contribution in [0.3, 0.4) is 0 Å². The Bertz CT molecular complexity index is 1050. The van der Waals surface area contributed by atoms with E-state index in [0.29, 0.717) is 18.0 Å². The molecule has 2 aromatic heterocycles. The van der Waals surface area contributed by atoms with E-state index in [9.17, 15) is 4.79 Å². The number of likely N-dealkylation sites (tertiary alicyclic amines) is 1. The Hall–Kier alpha value is -2.84. The summed E-state index contributed by atoms with van der Waals surface area (Å²) in [7, 11) is 0. The first kappa shape index (κ1) is 20.4. The second-order valence-corrected chi connectivity index (χ2v) is 7.84. The minimum atomic E-state index is -0.0934. The van der Waals surface area contributed by atoms with Crippen molar-refractivity contribution in [2.24, 2.45) is 5.92 Å². The van der Waals surface area contributed by atoms with Gasteiger partial charge in [0.25, 0.3) is 0 Å². The molecule has 156 valence electrons. The average Bonchev–Trinajstić information content (AvgIpc) is 3.11. The molecule has 3 heterocycles. The van der Waals surface area contributed by atoms with Crippen molar-refractivity contribution in [3.05, 3.63) is 59.6 Å². The fraction of sp³-hybridized carbons (Fsp3) is 0.364. The number of quaternary nitrogens is 1. The van der Waals surface area contributed by atoms with Crippen LogP contribution in [0, 0.1) is 10.7 Å². The second-order valence-electron chi connectivity index (χ2n) is 7.47. The predicted octanol–water partition coefficient (Wildman–Crippen LogP) is 2.28. The van der Waals surface area contributed by atoms with Gasteiger partial charge >= 0.3 is 5.97 Å². The highest BCUT2D eigenvalue weighted by Gasteiger charge is 2.30. The van der Waals surface area contributed by atoms with Gasteiger partial charge in [0.05, 0.1) is 19.7 Å². The zero-order valence-electron chi connectivity index (χ0n) is 17.0. The molecule has 30 heavy (non-hydrogen) atoms. The Morgan fingerprint density at radius 2 is 2.10 bits per heavy atom. The highest BCUT2D eigenvalue weighted by atomic mass is 32.1. The summed E-state index contributed by atoms with van der Waals surface area (Å²) >= 11 is 5.82. The number of pyridine rings is 1. The van der Waals surface area contributed by atoms with E-state index in [0.717, 1.165) is 43.0 Å². The molecular weight excluding hydrogens is 398 g/mol. The maximum absolute atomic E-state index is 12.2. The van der Waals surface area contributed by atoms with Crippen LogP contribution in [0.5, 0.6) is 0 Å². The van der Waals surface area contributed by atoms with E-state index in [-0.39, 0.29) is 11.9 Å². The zero-order valence-corrected chi connectivity index (χ0v) is 17.8. The number of aromatic nitrogens is 4. The van der Waals surface area contributed by atoms with Crippen LogP contribution in [0.2, 0.25) is 0 Å². The Labute approximate surface area is 180 Å². The van der Waals surface area contributed by atoms with Crippen LogP contribution in [-0.2, 0) is 16.2 Å².